The first-order valence-electron chi connectivity index (χ1n) is 6.58. The maximum absolute atomic E-state index is 5.37. The van der Waals surface area contributed by atoms with Crippen LogP contribution in [0.2, 0.25) is 0 Å². The van der Waals surface area contributed by atoms with Crippen molar-refractivity contribution in [1.29, 1.82) is 0 Å². The molecular formula is C11H19N9. The largest absolute Gasteiger partial charge is 0.354 e. The third-order valence-electron chi connectivity index (χ3n) is 3.08. The van der Waals surface area contributed by atoms with Crippen molar-refractivity contribution in [3.8, 4) is 5.95 Å². The van der Waals surface area contributed by atoms with E-state index in [-0.39, 0.29) is 5.95 Å². The molecule has 0 aliphatic heterocycles. The Morgan fingerprint density at radius 3 is 2.55 bits per heavy atom. The van der Waals surface area contributed by atoms with Crippen molar-refractivity contribution in [2.45, 2.75) is 26.7 Å². The lowest BCUT2D eigenvalue weighted by molar-refractivity contribution is 0.517. The van der Waals surface area contributed by atoms with Gasteiger partial charge in [-0.3, -0.25) is 5.43 Å². The highest BCUT2D eigenvalue weighted by atomic mass is 15.4. The van der Waals surface area contributed by atoms with E-state index in [4.69, 9.17) is 5.84 Å². The number of rotatable bonds is 7. The zero-order chi connectivity index (χ0) is 14.4. The second kappa shape index (κ2) is 6.75. The fourth-order valence-corrected chi connectivity index (χ4v) is 1.74. The summed E-state index contributed by atoms with van der Waals surface area (Å²) in [5, 5.41) is 7.19. The molecule has 0 spiro atoms. The molecule has 0 fully saturated rings. The van der Waals surface area contributed by atoms with Gasteiger partial charge in [0.25, 0.3) is 5.95 Å². The zero-order valence-corrected chi connectivity index (χ0v) is 11.6. The molecule has 0 atom stereocenters. The maximum Gasteiger partial charge on any atom is 0.258 e. The van der Waals surface area contributed by atoms with E-state index < -0.39 is 0 Å². The average Bonchev–Trinajstić information content (AvgIpc) is 3.02. The quantitative estimate of drug-likeness (QED) is 0.497. The smallest absolute Gasteiger partial charge is 0.258 e. The summed E-state index contributed by atoms with van der Waals surface area (Å²) in [7, 11) is 0. The molecule has 0 aliphatic rings. The fourth-order valence-electron chi connectivity index (χ4n) is 1.74. The highest BCUT2D eigenvalue weighted by molar-refractivity contribution is 5.36. The Balaban J connectivity index is 2.18. The van der Waals surface area contributed by atoms with Crippen LogP contribution >= 0.6 is 0 Å². The minimum absolute atomic E-state index is 0.276. The fraction of sp³-hybridized carbons (Fsp3) is 0.545. The maximum atomic E-state index is 5.37. The molecule has 4 N–H and O–H groups in total. The van der Waals surface area contributed by atoms with Gasteiger partial charge in [-0.1, -0.05) is 26.7 Å². The summed E-state index contributed by atoms with van der Waals surface area (Å²) in [5.41, 5.74) is 2.42. The number of hydrazine groups is 1. The van der Waals surface area contributed by atoms with Crippen LogP contribution in [0.5, 0.6) is 0 Å². The van der Waals surface area contributed by atoms with E-state index in [2.05, 4.69) is 49.6 Å². The molecule has 0 saturated heterocycles. The Morgan fingerprint density at radius 2 is 1.95 bits per heavy atom. The number of nitrogens with zero attached hydrogens (tertiary/aromatic N) is 6. The van der Waals surface area contributed by atoms with Gasteiger partial charge in [0.2, 0.25) is 11.9 Å². The van der Waals surface area contributed by atoms with Gasteiger partial charge < -0.3 is 5.32 Å². The van der Waals surface area contributed by atoms with Crippen molar-refractivity contribution in [3.63, 3.8) is 0 Å². The summed E-state index contributed by atoms with van der Waals surface area (Å²) in [5.74, 6) is 7.05. The van der Waals surface area contributed by atoms with Crippen LogP contribution in [0.25, 0.3) is 5.95 Å². The van der Waals surface area contributed by atoms with E-state index in [0.717, 1.165) is 19.4 Å². The molecule has 2 rings (SSSR count). The summed E-state index contributed by atoms with van der Waals surface area (Å²) in [4.78, 5) is 16.5. The van der Waals surface area contributed by atoms with Gasteiger partial charge >= 0.3 is 0 Å². The number of hydrogen-bond donors (Lipinski definition) is 3. The Bertz CT molecular complexity index is 521. The number of nitrogens with one attached hydrogen (secondary N) is 2. The number of hydrogen-bond acceptors (Lipinski definition) is 8. The second-order valence-corrected chi connectivity index (χ2v) is 4.33. The Morgan fingerprint density at radius 1 is 1.20 bits per heavy atom. The van der Waals surface area contributed by atoms with E-state index >= 15 is 0 Å². The van der Waals surface area contributed by atoms with Gasteiger partial charge in [-0.2, -0.15) is 24.7 Å². The Kier molecular flexibility index (Phi) is 4.77. The summed E-state index contributed by atoms with van der Waals surface area (Å²) < 4.78 is 1.45. The van der Waals surface area contributed by atoms with E-state index in [0.29, 0.717) is 17.8 Å². The molecular weight excluding hydrogens is 258 g/mol. The summed E-state index contributed by atoms with van der Waals surface area (Å²) in [6.45, 7) is 5.13. The van der Waals surface area contributed by atoms with Crippen LogP contribution in [0.4, 0.5) is 11.9 Å². The minimum atomic E-state index is 0.276. The van der Waals surface area contributed by atoms with Gasteiger partial charge in [0.1, 0.15) is 12.7 Å². The molecule has 2 aromatic heterocycles. The molecule has 20 heavy (non-hydrogen) atoms. The van der Waals surface area contributed by atoms with Crippen LogP contribution < -0.4 is 16.6 Å². The summed E-state index contributed by atoms with van der Waals surface area (Å²) >= 11 is 0. The minimum Gasteiger partial charge on any atom is -0.354 e. The van der Waals surface area contributed by atoms with E-state index in [1.807, 2.05) is 0 Å². The van der Waals surface area contributed by atoms with E-state index in [1.54, 1.807) is 0 Å². The predicted molar refractivity (Wildman–Crippen MR) is 75.1 cm³/mol. The zero-order valence-electron chi connectivity index (χ0n) is 11.6. The molecule has 0 bridgehead atoms. The number of aromatic nitrogens is 6. The SMILES string of the molecule is CCC(CC)CNc1nc(NN)nc(-n2cncn2)n1. The third-order valence-corrected chi connectivity index (χ3v) is 3.08. The lowest BCUT2D eigenvalue weighted by Crippen LogP contribution is -2.18. The van der Waals surface area contributed by atoms with Crippen LogP contribution in [0.1, 0.15) is 26.7 Å². The topological polar surface area (TPSA) is 119 Å². The molecule has 9 nitrogen and oxygen atoms in total. The molecule has 0 aliphatic carbocycles. The summed E-state index contributed by atoms with van der Waals surface area (Å²) in [6, 6.07) is 0. The molecule has 0 unspecified atom stereocenters. The lowest BCUT2D eigenvalue weighted by atomic mass is 10.0. The molecule has 9 heteroatoms. The predicted octanol–water partition coefficient (Wildman–Crippen LogP) is 0.586. The van der Waals surface area contributed by atoms with Crippen LogP contribution in [-0.4, -0.2) is 36.3 Å². The number of nitrogen functional groups attached to an aromatic ring is 1. The molecule has 2 aromatic rings. The van der Waals surface area contributed by atoms with Crippen molar-refractivity contribution in [1.82, 2.24) is 29.7 Å². The highest BCUT2D eigenvalue weighted by Gasteiger charge is 2.09. The molecule has 0 saturated carbocycles. The van der Waals surface area contributed by atoms with Gasteiger partial charge in [-0.15, -0.1) is 0 Å². The number of anilines is 2. The molecule has 0 amide bonds. The third kappa shape index (κ3) is 3.38. The van der Waals surface area contributed by atoms with Crippen LogP contribution in [0.15, 0.2) is 12.7 Å². The lowest BCUT2D eigenvalue weighted by Gasteiger charge is -2.13. The van der Waals surface area contributed by atoms with Crippen molar-refractivity contribution in [2.24, 2.45) is 11.8 Å². The van der Waals surface area contributed by atoms with Crippen molar-refractivity contribution in [2.75, 3.05) is 17.3 Å². The van der Waals surface area contributed by atoms with Crippen molar-refractivity contribution in [3.05, 3.63) is 12.7 Å². The molecule has 2 heterocycles. The molecule has 0 aromatic carbocycles. The standard InChI is InChI=1S/C11H19N9/c1-3-8(4-2)5-14-9-16-10(19-12)18-11(17-9)20-7-13-6-15-20/h6-8H,3-5,12H2,1-2H3,(H2,14,16,17,18,19). The molecule has 0 radical (unpaired) electrons. The van der Waals surface area contributed by atoms with Crippen molar-refractivity contribution < 1.29 is 0 Å². The normalized spacial score (nSPS) is 10.8. The van der Waals surface area contributed by atoms with Gasteiger partial charge in [0.15, 0.2) is 0 Å². The van der Waals surface area contributed by atoms with Crippen LogP contribution in [0.3, 0.4) is 0 Å². The van der Waals surface area contributed by atoms with E-state index in [1.165, 1.54) is 17.3 Å². The van der Waals surface area contributed by atoms with Crippen LogP contribution in [0, 0.1) is 5.92 Å². The van der Waals surface area contributed by atoms with Gasteiger partial charge in [-0.25, -0.2) is 10.8 Å². The van der Waals surface area contributed by atoms with E-state index in [9.17, 15) is 0 Å². The molecule has 108 valence electrons. The monoisotopic (exact) mass is 277 g/mol. The average molecular weight is 277 g/mol. The first kappa shape index (κ1) is 14.1. The number of nitrogens with two attached hydrogens (primary N) is 1. The van der Waals surface area contributed by atoms with Gasteiger partial charge in [0, 0.05) is 6.54 Å². The van der Waals surface area contributed by atoms with Crippen molar-refractivity contribution >= 4 is 11.9 Å². The second-order valence-electron chi connectivity index (χ2n) is 4.33. The first-order valence-corrected chi connectivity index (χ1v) is 6.58. The van der Waals surface area contributed by atoms with Gasteiger partial charge in [0.05, 0.1) is 0 Å². The highest BCUT2D eigenvalue weighted by Crippen LogP contribution is 2.11. The first-order chi connectivity index (χ1) is 9.76. The van der Waals surface area contributed by atoms with Gasteiger partial charge in [-0.05, 0) is 5.92 Å². The van der Waals surface area contributed by atoms with Crippen LogP contribution in [-0.2, 0) is 0 Å². The Hall–Kier alpha value is -2.29. The Labute approximate surface area is 117 Å². The summed E-state index contributed by atoms with van der Waals surface area (Å²) in [6.07, 6.45) is 5.13.